The van der Waals surface area contributed by atoms with Crippen LogP contribution in [0.15, 0.2) is 42.7 Å². The molecule has 0 saturated carbocycles. The molecule has 12 heteroatoms. The Kier molecular flexibility index (Phi) is 9.27. The third-order valence-corrected chi connectivity index (χ3v) is 4.44. The molecule has 12 nitrogen and oxygen atoms in total. The number of ether oxygens (including phenoxy) is 2. The quantitative estimate of drug-likeness (QED) is 0.255. The number of methoxy groups -OCH3 is 2. The molecule has 0 unspecified atom stereocenters. The molecule has 3 rings (SSSR count). The monoisotopic (exact) mass is 460 g/mol. The summed E-state index contributed by atoms with van der Waals surface area (Å²) in [5.74, 6) is -1.07. The molecule has 0 saturated heterocycles. The van der Waals surface area contributed by atoms with Gasteiger partial charge in [0.15, 0.2) is 0 Å². The first-order chi connectivity index (χ1) is 15.9. The third kappa shape index (κ3) is 6.02. The van der Waals surface area contributed by atoms with Gasteiger partial charge >= 0.3 is 11.9 Å². The number of imidazole rings is 1. The van der Waals surface area contributed by atoms with Crippen LogP contribution in [0.5, 0.6) is 0 Å². The first kappa shape index (κ1) is 25.2. The molecule has 0 spiro atoms. The first-order valence-electron chi connectivity index (χ1n) is 9.73. The van der Waals surface area contributed by atoms with Crippen molar-refractivity contribution in [3.63, 3.8) is 0 Å². The van der Waals surface area contributed by atoms with Crippen LogP contribution in [0.2, 0.25) is 0 Å². The minimum absolute atomic E-state index is 0.000959. The van der Waals surface area contributed by atoms with E-state index in [1.54, 1.807) is 23.0 Å². The number of nitrogens with zero attached hydrogens (tertiary/aromatic N) is 3. The normalized spacial score (nSPS) is 10.2. The van der Waals surface area contributed by atoms with E-state index in [2.05, 4.69) is 15.0 Å². The fourth-order valence-electron chi connectivity index (χ4n) is 3.02. The number of anilines is 1. The van der Waals surface area contributed by atoms with Crippen LogP contribution in [-0.2, 0) is 16.0 Å². The Labute approximate surface area is 188 Å². The molecule has 0 radical (unpaired) electrons. The van der Waals surface area contributed by atoms with Gasteiger partial charge < -0.3 is 29.6 Å². The standard InChI is InChI=1S/C11H12N2O3.C10H12N2O5/c1-16-11(15)8-3-2-4-9-10(8)13(5-6-14)7-12-9;1-17-10(14)7-3-2-4-8(12(15)16)9(7)11-5-6-13/h2-4,7,14H,5-6H2,1H3;2-4,11,13H,5-6H2,1H3. The van der Waals surface area contributed by atoms with E-state index in [1.807, 2.05) is 6.07 Å². The Morgan fingerprint density at radius 3 is 2.30 bits per heavy atom. The maximum absolute atomic E-state index is 11.6. The molecule has 0 amide bonds. The van der Waals surface area contributed by atoms with Crippen molar-refractivity contribution in [1.29, 1.82) is 0 Å². The van der Waals surface area contributed by atoms with Crippen LogP contribution in [-0.4, -0.2) is 70.6 Å². The second-order valence-electron chi connectivity index (χ2n) is 6.43. The van der Waals surface area contributed by atoms with Gasteiger partial charge in [-0.15, -0.1) is 0 Å². The lowest BCUT2D eigenvalue weighted by molar-refractivity contribution is -0.384. The van der Waals surface area contributed by atoms with Crippen LogP contribution >= 0.6 is 0 Å². The first-order valence-corrected chi connectivity index (χ1v) is 9.73. The van der Waals surface area contributed by atoms with Gasteiger partial charge in [-0.2, -0.15) is 0 Å². The minimum Gasteiger partial charge on any atom is -0.465 e. The van der Waals surface area contributed by atoms with Gasteiger partial charge in [0.1, 0.15) is 5.69 Å². The van der Waals surface area contributed by atoms with E-state index < -0.39 is 16.9 Å². The summed E-state index contributed by atoms with van der Waals surface area (Å²) in [4.78, 5) is 37.3. The molecule has 2 aromatic carbocycles. The second kappa shape index (κ2) is 12.1. The lowest BCUT2D eigenvalue weighted by atomic mass is 10.1. The van der Waals surface area contributed by atoms with E-state index in [-0.39, 0.29) is 36.7 Å². The van der Waals surface area contributed by atoms with E-state index in [0.717, 1.165) is 5.52 Å². The third-order valence-electron chi connectivity index (χ3n) is 4.44. The summed E-state index contributed by atoms with van der Waals surface area (Å²) in [6.45, 7) is 0.312. The number of carbonyl (C=O) groups is 2. The summed E-state index contributed by atoms with van der Waals surface area (Å²) < 4.78 is 11.0. The Morgan fingerprint density at radius 1 is 1.06 bits per heavy atom. The minimum atomic E-state index is -0.672. The van der Waals surface area contributed by atoms with E-state index in [9.17, 15) is 19.7 Å². The van der Waals surface area contributed by atoms with E-state index in [0.29, 0.717) is 17.6 Å². The lowest BCUT2D eigenvalue weighted by Gasteiger charge is -2.09. The van der Waals surface area contributed by atoms with Crippen LogP contribution in [0.1, 0.15) is 20.7 Å². The largest absolute Gasteiger partial charge is 0.465 e. The number of nitro groups is 1. The number of esters is 2. The Balaban J connectivity index is 0.000000234. The molecule has 1 aromatic heterocycles. The number of hydrogen-bond acceptors (Lipinski definition) is 10. The zero-order chi connectivity index (χ0) is 24.4. The molecule has 0 aliphatic carbocycles. The van der Waals surface area contributed by atoms with Gasteiger partial charge in [-0.3, -0.25) is 10.1 Å². The number of aromatic nitrogens is 2. The van der Waals surface area contributed by atoms with Crippen LogP contribution < -0.4 is 5.32 Å². The number of benzene rings is 2. The summed E-state index contributed by atoms with van der Waals surface area (Å²) >= 11 is 0. The molecule has 1 heterocycles. The van der Waals surface area contributed by atoms with Crippen molar-refractivity contribution < 1.29 is 34.2 Å². The number of carbonyl (C=O) groups excluding carboxylic acids is 2. The van der Waals surface area contributed by atoms with Crippen LogP contribution in [0.25, 0.3) is 11.0 Å². The Morgan fingerprint density at radius 2 is 1.70 bits per heavy atom. The molecule has 0 bridgehead atoms. The van der Waals surface area contributed by atoms with Gasteiger partial charge in [-0.05, 0) is 18.2 Å². The smallest absolute Gasteiger partial charge is 0.340 e. The number of rotatable bonds is 8. The Bertz CT molecular complexity index is 1130. The van der Waals surface area contributed by atoms with Crippen molar-refractivity contribution in [3.8, 4) is 0 Å². The lowest BCUT2D eigenvalue weighted by Crippen LogP contribution is -2.13. The highest BCUT2D eigenvalue weighted by Crippen LogP contribution is 2.28. The fraction of sp³-hybridized carbons (Fsp3) is 0.286. The van der Waals surface area contributed by atoms with E-state index >= 15 is 0 Å². The van der Waals surface area contributed by atoms with Crippen molar-refractivity contribution in [2.75, 3.05) is 39.3 Å². The number of nitro benzene ring substituents is 1. The zero-order valence-corrected chi connectivity index (χ0v) is 18.1. The number of para-hydroxylation sites is 2. The predicted octanol–water partition coefficient (Wildman–Crippen LogP) is 1.60. The average Bonchev–Trinajstić information content (AvgIpc) is 3.25. The van der Waals surface area contributed by atoms with Gasteiger partial charge in [-0.1, -0.05) is 12.1 Å². The molecule has 3 N–H and O–H groups in total. The highest BCUT2D eigenvalue weighted by molar-refractivity contribution is 6.02. The SMILES string of the molecule is COC(=O)c1cccc([N+](=O)[O-])c1NCCO.COC(=O)c1cccc2ncn(CCO)c12. The molecule has 0 aliphatic heterocycles. The predicted molar refractivity (Wildman–Crippen MR) is 118 cm³/mol. The van der Waals surface area contributed by atoms with Gasteiger partial charge in [0, 0.05) is 19.2 Å². The van der Waals surface area contributed by atoms with Gasteiger partial charge in [0.05, 0.1) is 60.8 Å². The molecule has 33 heavy (non-hydrogen) atoms. The van der Waals surface area contributed by atoms with Gasteiger partial charge in [0.2, 0.25) is 0 Å². The molecule has 0 aliphatic rings. The molecular weight excluding hydrogens is 436 g/mol. The summed E-state index contributed by atoms with van der Waals surface area (Å²) in [6.07, 6.45) is 1.60. The van der Waals surface area contributed by atoms with Gasteiger partial charge in [0.25, 0.3) is 5.69 Å². The van der Waals surface area contributed by atoms with Crippen LogP contribution in [0.4, 0.5) is 11.4 Å². The van der Waals surface area contributed by atoms with Crippen LogP contribution in [0.3, 0.4) is 0 Å². The number of nitrogens with one attached hydrogen (secondary N) is 1. The number of fused-ring (bicyclic) bond motifs is 1. The number of aliphatic hydroxyl groups is 2. The molecule has 0 atom stereocenters. The average molecular weight is 460 g/mol. The zero-order valence-electron chi connectivity index (χ0n) is 18.1. The number of aliphatic hydroxyl groups excluding tert-OH is 2. The topological polar surface area (TPSA) is 166 Å². The van der Waals surface area contributed by atoms with Crippen LogP contribution in [0, 0.1) is 10.1 Å². The molecule has 0 fully saturated rings. The van der Waals surface area contributed by atoms with Gasteiger partial charge in [-0.25, -0.2) is 14.6 Å². The highest BCUT2D eigenvalue weighted by atomic mass is 16.6. The summed E-state index contributed by atoms with van der Waals surface area (Å²) in [5, 5.41) is 31.0. The van der Waals surface area contributed by atoms with Crippen molar-refractivity contribution in [1.82, 2.24) is 9.55 Å². The van der Waals surface area contributed by atoms with Crippen molar-refractivity contribution in [3.05, 3.63) is 64.0 Å². The van der Waals surface area contributed by atoms with E-state index in [1.165, 1.54) is 32.4 Å². The van der Waals surface area contributed by atoms with Crippen molar-refractivity contribution in [2.45, 2.75) is 6.54 Å². The molecular formula is C21H24N4O8. The summed E-state index contributed by atoms with van der Waals surface area (Å²) in [5.41, 5.74) is 1.76. The number of hydrogen-bond donors (Lipinski definition) is 3. The molecule has 176 valence electrons. The fourth-order valence-corrected chi connectivity index (χ4v) is 3.02. The highest BCUT2D eigenvalue weighted by Gasteiger charge is 2.21. The summed E-state index contributed by atoms with van der Waals surface area (Å²) in [7, 11) is 2.53. The van der Waals surface area contributed by atoms with E-state index in [4.69, 9.17) is 14.9 Å². The van der Waals surface area contributed by atoms with Crippen molar-refractivity contribution >= 4 is 34.3 Å². The maximum atomic E-state index is 11.6. The maximum Gasteiger partial charge on any atom is 0.340 e. The summed E-state index contributed by atoms with van der Waals surface area (Å²) in [6, 6.07) is 9.34. The Hall–Kier alpha value is -4.03. The second-order valence-corrected chi connectivity index (χ2v) is 6.43. The van der Waals surface area contributed by atoms with Crippen molar-refractivity contribution in [2.24, 2.45) is 0 Å². The molecule has 3 aromatic rings.